The molecule has 0 radical (unpaired) electrons. The Morgan fingerprint density at radius 2 is 2.23 bits per heavy atom. The molecule has 13 heavy (non-hydrogen) atoms. The Morgan fingerprint density at radius 3 is 2.62 bits per heavy atom. The lowest BCUT2D eigenvalue weighted by atomic mass is 9.96. The Kier molecular flexibility index (Phi) is 2.68. The van der Waals surface area contributed by atoms with Crippen LogP contribution in [0.15, 0.2) is 12.4 Å². The van der Waals surface area contributed by atoms with Crippen molar-refractivity contribution in [3.05, 3.63) is 18.0 Å². The molecule has 0 aliphatic rings. The minimum Gasteiger partial charge on any atom is -0.275 e. The summed E-state index contributed by atoms with van der Waals surface area (Å²) in [7, 11) is 1.64. The first-order valence-corrected chi connectivity index (χ1v) is 4.35. The van der Waals surface area contributed by atoms with Gasteiger partial charge in [0.25, 0.3) is 5.92 Å². The monoisotopic (exact) mass is 188 g/mol. The summed E-state index contributed by atoms with van der Waals surface area (Å²) >= 11 is 0. The lowest BCUT2D eigenvalue weighted by molar-refractivity contribution is -0.0595. The number of nitrogens with zero attached hydrogens (tertiary/aromatic N) is 2. The van der Waals surface area contributed by atoms with Crippen molar-refractivity contribution < 1.29 is 8.78 Å². The Bertz CT molecular complexity index is 281. The van der Waals surface area contributed by atoms with Crippen molar-refractivity contribution in [2.24, 2.45) is 13.0 Å². The minimum absolute atomic E-state index is 0.00403. The van der Waals surface area contributed by atoms with Gasteiger partial charge in [0, 0.05) is 19.2 Å². The largest absolute Gasteiger partial charge is 0.278 e. The van der Waals surface area contributed by atoms with Crippen LogP contribution in [0.3, 0.4) is 0 Å². The maximum atomic E-state index is 13.5. The van der Waals surface area contributed by atoms with Crippen molar-refractivity contribution >= 4 is 0 Å². The van der Waals surface area contributed by atoms with Crippen LogP contribution in [0.25, 0.3) is 0 Å². The van der Waals surface area contributed by atoms with Crippen LogP contribution in [0, 0.1) is 5.92 Å². The number of rotatable bonds is 3. The van der Waals surface area contributed by atoms with Gasteiger partial charge in [-0.3, -0.25) is 4.68 Å². The van der Waals surface area contributed by atoms with Crippen LogP contribution in [0.1, 0.15) is 25.8 Å². The molecule has 0 fully saturated rings. The van der Waals surface area contributed by atoms with Crippen LogP contribution < -0.4 is 0 Å². The van der Waals surface area contributed by atoms with E-state index in [4.69, 9.17) is 0 Å². The molecule has 1 aromatic rings. The average molecular weight is 188 g/mol. The predicted octanol–water partition coefficient (Wildman–Crippen LogP) is 2.56. The van der Waals surface area contributed by atoms with Crippen LogP contribution >= 0.6 is 0 Å². The van der Waals surface area contributed by atoms with E-state index in [0.717, 1.165) is 0 Å². The summed E-state index contributed by atoms with van der Waals surface area (Å²) in [5, 5.41) is 3.74. The second kappa shape index (κ2) is 3.44. The number of aromatic nitrogens is 2. The zero-order valence-electron chi connectivity index (χ0n) is 8.09. The van der Waals surface area contributed by atoms with Crippen LogP contribution in [-0.4, -0.2) is 9.78 Å². The van der Waals surface area contributed by atoms with Crippen LogP contribution in [0.4, 0.5) is 8.78 Å². The fourth-order valence-corrected chi connectivity index (χ4v) is 1.13. The highest BCUT2D eigenvalue weighted by molar-refractivity contribution is 5.12. The predicted molar refractivity (Wildman–Crippen MR) is 46.6 cm³/mol. The summed E-state index contributed by atoms with van der Waals surface area (Å²) in [5.41, 5.74) is 0.00403. The summed E-state index contributed by atoms with van der Waals surface area (Å²) in [5.74, 6) is -3.40. The smallest absolute Gasteiger partial charge is 0.275 e. The molecule has 1 heterocycles. The van der Waals surface area contributed by atoms with Crippen LogP contribution in [0.5, 0.6) is 0 Å². The van der Waals surface area contributed by atoms with Gasteiger partial charge in [0.05, 0.1) is 11.8 Å². The lowest BCUT2D eigenvalue weighted by Gasteiger charge is -2.20. The molecular formula is C9H14F2N2. The normalized spacial score (nSPS) is 14.5. The van der Waals surface area contributed by atoms with Crippen LogP contribution in [-0.2, 0) is 13.0 Å². The molecule has 0 aliphatic heterocycles. The maximum Gasteiger partial charge on any atom is 0.278 e. The molecule has 0 spiro atoms. The second-order valence-electron chi connectivity index (χ2n) is 3.33. The molecular weight excluding hydrogens is 174 g/mol. The first kappa shape index (κ1) is 10.2. The number of alkyl halides is 2. The number of hydrogen-bond acceptors (Lipinski definition) is 1. The molecule has 0 aliphatic carbocycles. The molecule has 0 saturated heterocycles. The Morgan fingerprint density at radius 1 is 1.62 bits per heavy atom. The van der Waals surface area contributed by atoms with Crippen molar-refractivity contribution in [1.82, 2.24) is 9.78 Å². The van der Waals surface area contributed by atoms with Crippen molar-refractivity contribution in [3.8, 4) is 0 Å². The van der Waals surface area contributed by atoms with Gasteiger partial charge in [0.2, 0.25) is 0 Å². The highest BCUT2D eigenvalue weighted by Crippen LogP contribution is 2.36. The minimum atomic E-state index is -2.76. The fraction of sp³-hybridized carbons (Fsp3) is 0.667. The first-order chi connectivity index (χ1) is 5.98. The summed E-state index contributed by atoms with van der Waals surface area (Å²) in [6, 6.07) is 0. The van der Waals surface area contributed by atoms with Gasteiger partial charge < -0.3 is 0 Å². The molecule has 74 valence electrons. The topological polar surface area (TPSA) is 17.8 Å². The van der Waals surface area contributed by atoms with Gasteiger partial charge in [0.15, 0.2) is 0 Å². The number of hydrogen-bond donors (Lipinski definition) is 0. The highest BCUT2D eigenvalue weighted by atomic mass is 19.3. The maximum absolute atomic E-state index is 13.5. The summed E-state index contributed by atoms with van der Waals surface area (Å²) < 4.78 is 28.4. The molecule has 1 unspecified atom stereocenters. The van der Waals surface area contributed by atoms with E-state index in [1.54, 1.807) is 20.9 Å². The third kappa shape index (κ3) is 1.87. The van der Waals surface area contributed by atoms with Crippen molar-refractivity contribution in [3.63, 3.8) is 0 Å². The quantitative estimate of drug-likeness (QED) is 0.712. The summed E-state index contributed by atoms with van der Waals surface area (Å²) in [6.07, 6.45) is 3.06. The van der Waals surface area contributed by atoms with Gasteiger partial charge in [-0.1, -0.05) is 13.8 Å². The molecule has 0 aromatic carbocycles. The van der Waals surface area contributed by atoms with E-state index in [-0.39, 0.29) is 5.56 Å². The van der Waals surface area contributed by atoms with E-state index in [2.05, 4.69) is 5.10 Å². The Balaban J connectivity index is 2.92. The van der Waals surface area contributed by atoms with E-state index in [1.165, 1.54) is 17.1 Å². The second-order valence-corrected chi connectivity index (χ2v) is 3.33. The van der Waals surface area contributed by atoms with Gasteiger partial charge >= 0.3 is 0 Å². The molecule has 1 atom stereocenters. The zero-order chi connectivity index (χ0) is 10.1. The van der Waals surface area contributed by atoms with E-state index < -0.39 is 11.8 Å². The third-order valence-corrected chi connectivity index (χ3v) is 2.32. The molecule has 0 bridgehead atoms. The fourth-order valence-electron chi connectivity index (χ4n) is 1.13. The summed E-state index contributed by atoms with van der Waals surface area (Å²) in [4.78, 5) is 0. The van der Waals surface area contributed by atoms with E-state index >= 15 is 0 Å². The number of halogens is 2. The van der Waals surface area contributed by atoms with E-state index in [0.29, 0.717) is 6.42 Å². The van der Waals surface area contributed by atoms with Crippen LogP contribution in [0.2, 0.25) is 0 Å². The third-order valence-electron chi connectivity index (χ3n) is 2.32. The van der Waals surface area contributed by atoms with Gasteiger partial charge in [-0.05, 0) is 6.42 Å². The Labute approximate surface area is 76.6 Å². The Hall–Kier alpha value is -0.930. The molecule has 4 heteroatoms. The standard InChI is InChI=1S/C9H14F2N2/c1-4-7(2)9(10,11)8-5-12-13(3)6-8/h5-7H,4H2,1-3H3. The first-order valence-electron chi connectivity index (χ1n) is 4.35. The molecule has 0 saturated carbocycles. The van der Waals surface area contributed by atoms with Gasteiger partial charge in [-0.25, -0.2) is 8.78 Å². The van der Waals surface area contributed by atoms with Gasteiger partial charge in [0.1, 0.15) is 0 Å². The molecule has 1 rings (SSSR count). The molecule has 0 N–H and O–H groups in total. The number of aryl methyl sites for hydroxylation is 1. The highest BCUT2D eigenvalue weighted by Gasteiger charge is 2.38. The summed E-state index contributed by atoms with van der Waals surface area (Å²) in [6.45, 7) is 3.31. The van der Waals surface area contributed by atoms with Crippen molar-refractivity contribution in [1.29, 1.82) is 0 Å². The average Bonchev–Trinajstić information content (AvgIpc) is 2.50. The zero-order valence-corrected chi connectivity index (χ0v) is 8.09. The molecule has 0 amide bonds. The van der Waals surface area contributed by atoms with Crippen molar-refractivity contribution in [2.45, 2.75) is 26.2 Å². The van der Waals surface area contributed by atoms with Gasteiger partial charge in [-0.2, -0.15) is 5.10 Å². The van der Waals surface area contributed by atoms with Crippen molar-refractivity contribution in [2.75, 3.05) is 0 Å². The van der Waals surface area contributed by atoms with E-state index in [1.807, 2.05) is 0 Å². The molecule has 1 aromatic heterocycles. The van der Waals surface area contributed by atoms with E-state index in [9.17, 15) is 8.78 Å². The van der Waals surface area contributed by atoms with Gasteiger partial charge in [-0.15, -0.1) is 0 Å². The lowest BCUT2D eigenvalue weighted by Crippen LogP contribution is -2.22. The molecule has 2 nitrogen and oxygen atoms in total. The SMILES string of the molecule is CCC(C)C(F)(F)c1cnn(C)c1.